The van der Waals surface area contributed by atoms with Crippen molar-refractivity contribution in [3.05, 3.63) is 17.5 Å². The molecule has 0 unspecified atom stereocenters. The van der Waals surface area contributed by atoms with Crippen LogP contribution in [0.2, 0.25) is 0 Å². The van der Waals surface area contributed by atoms with Crippen LogP contribution in [0.3, 0.4) is 0 Å². The Bertz CT molecular complexity index is 548. The van der Waals surface area contributed by atoms with Gasteiger partial charge in [-0.1, -0.05) is 0 Å². The van der Waals surface area contributed by atoms with Crippen LogP contribution in [0.25, 0.3) is 0 Å². The Kier molecular flexibility index (Phi) is 8.03. The Morgan fingerprint density at radius 3 is 2.44 bits per heavy atom. The quantitative estimate of drug-likeness (QED) is 0.257. The summed E-state index contributed by atoms with van der Waals surface area (Å²) >= 11 is 0. The third kappa shape index (κ3) is 6.46. The van der Waals surface area contributed by atoms with Gasteiger partial charge < -0.3 is 10.6 Å². The Hall–Kier alpha value is -0.790. The van der Waals surface area contributed by atoms with E-state index in [1.54, 1.807) is 0 Å². The monoisotopic (exact) mass is 459 g/mol. The zero-order chi connectivity index (χ0) is 16.9. The van der Waals surface area contributed by atoms with Gasteiger partial charge in [0.1, 0.15) is 0 Å². The number of nitrogens with zero attached hydrogens (tertiary/aromatic N) is 3. The number of nitrogens with one attached hydrogen (secondary N) is 2. The first-order valence-corrected chi connectivity index (χ1v) is 9.70. The summed E-state index contributed by atoms with van der Waals surface area (Å²) in [7, 11) is 0. The molecule has 0 aliphatic heterocycles. The summed E-state index contributed by atoms with van der Waals surface area (Å²) in [5, 5.41) is 11.4. The van der Waals surface area contributed by atoms with Crippen LogP contribution < -0.4 is 10.6 Å². The molecule has 1 aromatic heterocycles. The molecule has 0 atom stereocenters. The van der Waals surface area contributed by atoms with Gasteiger partial charge in [-0.25, -0.2) is 0 Å². The van der Waals surface area contributed by atoms with Gasteiger partial charge in [0.15, 0.2) is 5.96 Å². The van der Waals surface area contributed by atoms with Crippen LogP contribution in [-0.2, 0) is 6.54 Å². The Labute approximate surface area is 169 Å². The number of rotatable bonds is 9. The predicted molar refractivity (Wildman–Crippen MR) is 115 cm³/mol. The predicted octanol–water partition coefficient (Wildman–Crippen LogP) is 3.50. The molecule has 0 radical (unpaired) electrons. The number of aromatic nitrogens is 2. The SMILES string of the molecule is CCNC(=NCC(C1CC1)C1CC1)NCCCn1nc(C)cc1C.I. The van der Waals surface area contributed by atoms with E-state index in [1.165, 1.54) is 31.4 Å². The lowest BCUT2D eigenvalue weighted by molar-refractivity contribution is 0.416. The molecule has 2 aliphatic carbocycles. The first-order valence-electron chi connectivity index (χ1n) is 9.70. The van der Waals surface area contributed by atoms with E-state index >= 15 is 0 Å². The van der Waals surface area contributed by atoms with Crippen LogP contribution in [0.4, 0.5) is 0 Å². The van der Waals surface area contributed by atoms with Crippen molar-refractivity contribution in [1.29, 1.82) is 0 Å². The zero-order valence-corrected chi connectivity index (χ0v) is 18.3. The number of guanidine groups is 1. The van der Waals surface area contributed by atoms with E-state index in [-0.39, 0.29) is 24.0 Å². The van der Waals surface area contributed by atoms with Gasteiger partial charge >= 0.3 is 0 Å². The summed E-state index contributed by atoms with van der Waals surface area (Å²) in [5.41, 5.74) is 2.34. The minimum Gasteiger partial charge on any atom is -0.357 e. The molecule has 2 N–H and O–H groups in total. The molecule has 6 heteroatoms. The highest BCUT2D eigenvalue weighted by Crippen LogP contribution is 2.49. The van der Waals surface area contributed by atoms with Gasteiger partial charge in [-0.3, -0.25) is 9.67 Å². The fraction of sp³-hybridized carbons (Fsp3) is 0.789. The van der Waals surface area contributed by atoms with Gasteiger partial charge in [-0.2, -0.15) is 5.10 Å². The molecule has 142 valence electrons. The number of halogens is 1. The van der Waals surface area contributed by atoms with Crippen LogP contribution in [-0.4, -0.2) is 35.4 Å². The number of hydrogen-bond acceptors (Lipinski definition) is 2. The van der Waals surface area contributed by atoms with Crippen molar-refractivity contribution in [3.63, 3.8) is 0 Å². The zero-order valence-electron chi connectivity index (χ0n) is 15.9. The molecule has 0 bridgehead atoms. The van der Waals surface area contributed by atoms with Crippen molar-refractivity contribution in [2.75, 3.05) is 19.6 Å². The first kappa shape index (κ1) is 20.5. The normalized spacial score (nSPS) is 17.5. The van der Waals surface area contributed by atoms with Gasteiger partial charge in [-0.05, 0) is 76.7 Å². The van der Waals surface area contributed by atoms with Crippen molar-refractivity contribution < 1.29 is 0 Å². The van der Waals surface area contributed by atoms with Crippen molar-refractivity contribution in [1.82, 2.24) is 20.4 Å². The molecule has 1 aromatic rings. The molecule has 2 aliphatic rings. The van der Waals surface area contributed by atoms with E-state index in [2.05, 4.69) is 40.3 Å². The molecule has 25 heavy (non-hydrogen) atoms. The number of aryl methyl sites for hydroxylation is 3. The summed E-state index contributed by atoms with van der Waals surface area (Å²) in [4.78, 5) is 4.87. The lowest BCUT2D eigenvalue weighted by Gasteiger charge is -2.15. The fourth-order valence-electron chi connectivity index (χ4n) is 3.61. The summed E-state index contributed by atoms with van der Waals surface area (Å²) in [6.07, 6.45) is 6.79. The van der Waals surface area contributed by atoms with Crippen LogP contribution in [0.5, 0.6) is 0 Å². The van der Waals surface area contributed by atoms with Gasteiger partial charge in [0.25, 0.3) is 0 Å². The molecule has 0 saturated heterocycles. The fourth-order valence-corrected chi connectivity index (χ4v) is 3.61. The number of hydrogen-bond donors (Lipinski definition) is 2. The van der Waals surface area contributed by atoms with E-state index in [9.17, 15) is 0 Å². The molecule has 3 rings (SSSR count). The lowest BCUT2D eigenvalue weighted by Crippen LogP contribution is -2.38. The highest BCUT2D eigenvalue weighted by Gasteiger charge is 2.41. The molecule has 2 saturated carbocycles. The second-order valence-electron chi connectivity index (χ2n) is 7.49. The minimum absolute atomic E-state index is 0. The third-order valence-electron chi connectivity index (χ3n) is 5.20. The molecule has 0 spiro atoms. The largest absolute Gasteiger partial charge is 0.357 e. The van der Waals surface area contributed by atoms with Crippen molar-refractivity contribution in [2.45, 2.75) is 59.4 Å². The summed E-state index contributed by atoms with van der Waals surface area (Å²) in [5.74, 6) is 3.76. The molecule has 5 nitrogen and oxygen atoms in total. The minimum atomic E-state index is 0. The Morgan fingerprint density at radius 2 is 1.92 bits per heavy atom. The molecule has 1 heterocycles. The first-order chi connectivity index (χ1) is 11.7. The molecular formula is C19H34IN5. The summed E-state index contributed by atoms with van der Waals surface area (Å²) < 4.78 is 2.09. The van der Waals surface area contributed by atoms with Gasteiger partial charge in [-0.15, -0.1) is 24.0 Å². The van der Waals surface area contributed by atoms with Crippen LogP contribution in [0, 0.1) is 31.6 Å². The topological polar surface area (TPSA) is 54.2 Å². The van der Waals surface area contributed by atoms with E-state index < -0.39 is 0 Å². The maximum absolute atomic E-state index is 4.87. The second-order valence-corrected chi connectivity index (χ2v) is 7.49. The van der Waals surface area contributed by atoms with Crippen molar-refractivity contribution >= 4 is 29.9 Å². The number of aliphatic imine (C=N–C) groups is 1. The van der Waals surface area contributed by atoms with Crippen LogP contribution >= 0.6 is 24.0 Å². The molecule has 0 aromatic carbocycles. The standard InChI is InChI=1S/C19H33N5.HI/c1-4-20-19(22-13-18(16-6-7-16)17-8-9-17)21-10-5-11-24-15(3)12-14(2)23-24;/h12,16-18H,4-11,13H2,1-3H3,(H2,20,21,22);1H. The van der Waals surface area contributed by atoms with Gasteiger partial charge in [0.05, 0.1) is 5.69 Å². The average molecular weight is 459 g/mol. The van der Waals surface area contributed by atoms with Crippen molar-refractivity contribution in [2.24, 2.45) is 22.7 Å². The average Bonchev–Trinajstić information content (AvgIpc) is 3.44. The van der Waals surface area contributed by atoms with Gasteiger partial charge in [0, 0.05) is 31.9 Å². The van der Waals surface area contributed by atoms with Gasteiger partial charge in [0.2, 0.25) is 0 Å². The maximum Gasteiger partial charge on any atom is 0.191 e. The second kappa shape index (κ2) is 9.78. The molecule has 0 amide bonds. The van der Waals surface area contributed by atoms with E-state index in [4.69, 9.17) is 4.99 Å². The van der Waals surface area contributed by atoms with E-state index in [0.717, 1.165) is 62.0 Å². The van der Waals surface area contributed by atoms with Crippen LogP contribution in [0.15, 0.2) is 11.1 Å². The lowest BCUT2D eigenvalue weighted by atomic mass is 9.98. The highest BCUT2D eigenvalue weighted by atomic mass is 127. The highest BCUT2D eigenvalue weighted by molar-refractivity contribution is 14.0. The van der Waals surface area contributed by atoms with E-state index in [0.29, 0.717) is 0 Å². The Morgan fingerprint density at radius 1 is 1.24 bits per heavy atom. The molecule has 2 fully saturated rings. The maximum atomic E-state index is 4.87. The Balaban J connectivity index is 0.00000225. The van der Waals surface area contributed by atoms with Crippen LogP contribution in [0.1, 0.15) is 50.4 Å². The third-order valence-corrected chi connectivity index (χ3v) is 5.20. The van der Waals surface area contributed by atoms with Crippen molar-refractivity contribution in [3.8, 4) is 0 Å². The smallest absolute Gasteiger partial charge is 0.191 e. The molecular weight excluding hydrogens is 425 g/mol. The summed E-state index contributed by atoms with van der Waals surface area (Å²) in [6, 6.07) is 2.13. The van der Waals surface area contributed by atoms with E-state index in [1.807, 2.05) is 6.92 Å². The summed E-state index contributed by atoms with van der Waals surface area (Å²) in [6.45, 7) is 10.1.